The summed E-state index contributed by atoms with van der Waals surface area (Å²) in [5.41, 5.74) is 3.42. The summed E-state index contributed by atoms with van der Waals surface area (Å²) in [6.45, 7) is 2.02. The molecule has 2 heterocycles. The van der Waals surface area contributed by atoms with Crippen molar-refractivity contribution in [1.29, 1.82) is 5.26 Å². The van der Waals surface area contributed by atoms with Crippen LogP contribution in [0.1, 0.15) is 43.2 Å². The van der Waals surface area contributed by atoms with Crippen LogP contribution in [0.2, 0.25) is 0 Å². The summed E-state index contributed by atoms with van der Waals surface area (Å²) in [4.78, 5) is 29.0. The van der Waals surface area contributed by atoms with Crippen LogP contribution in [0, 0.1) is 27.4 Å². The van der Waals surface area contributed by atoms with Crippen LogP contribution in [0.25, 0.3) is 0 Å². The van der Waals surface area contributed by atoms with E-state index < -0.39 is 0 Å². The molecule has 8 nitrogen and oxygen atoms in total. The normalized spacial score (nSPS) is 22.3. The van der Waals surface area contributed by atoms with Crippen LogP contribution in [0.4, 0.5) is 17.1 Å². The van der Waals surface area contributed by atoms with E-state index in [2.05, 4.69) is 21.2 Å². The average Bonchev–Trinajstić information content (AvgIpc) is 2.88. The molecule has 1 amide bonds. The van der Waals surface area contributed by atoms with E-state index in [0.29, 0.717) is 31.6 Å². The lowest BCUT2D eigenvalue weighted by Crippen LogP contribution is -2.61. The number of nitrogens with one attached hydrogen (secondary N) is 1. The number of nitriles is 1. The van der Waals surface area contributed by atoms with Gasteiger partial charge in [0.15, 0.2) is 0 Å². The minimum Gasteiger partial charge on any atom is -0.367 e. The Kier molecular flexibility index (Phi) is 6.10. The summed E-state index contributed by atoms with van der Waals surface area (Å²) in [5.74, 6) is -0.275. The van der Waals surface area contributed by atoms with Crippen LogP contribution < -0.4 is 15.1 Å². The fourth-order valence-electron chi connectivity index (χ4n) is 5.84. The number of para-hydroxylation sites is 1. The molecule has 0 unspecified atom stereocenters. The predicted octanol–water partition coefficient (Wildman–Crippen LogP) is 3.78. The highest BCUT2D eigenvalue weighted by atomic mass is 16.6. The van der Waals surface area contributed by atoms with Gasteiger partial charge in [-0.25, -0.2) is 0 Å². The number of fused-ring (bicyclic) bond motifs is 3. The van der Waals surface area contributed by atoms with Gasteiger partial charge in [0.2, 0.25) is 5.91 Å². The van der Waals surface area contributed by atoms with Gasteiger partial charge in [-0.3, -0.25) is 14.9 Å². The number of nitrogens with zero attached hydrogens (tertiary/aromatic N) is 4. The number of nitro groups is 1. The van der Waals surface area contributed by atoms with Gasteiger partial charge < -0.3 is 15.1 Å². The number of carbonyl (C=O) groups is 1. The van der Waals surface area contributed by atoms with Crippen LogP contribution in [0.15, 0.2) is 42.5 Å². The topological polar surface area (TPSA) is 103 Å². The quantitative estimate of drug-likeness (QED) is 0.551. The van der Waals surface area contributed by atoms with Crippen molar-refractivity contribution in [1.82, 2.24) is 5.32 Å². The Bertz CT molecular complexity index is 1140. The fourth-order valence-corrected chi connectivity index (χ4v) is 5.84. The maximum absolute atomic E-state index is 13.6. The molecule has 0 aromatic heterocycles. The van der Waals surface area contributed by atoms with Crippen molar-refractivity contribution in [2.75, 3.05) is 29.4 Å². The number of nitro benzene ring substituents is 1. The second-order valence-electron chi connectivity index (χ2n) is 9.56. The molecular weight excluding hydrogens is 430 g/mol. The number of hydrogen-bond acceptors (Lipinski definition) is 6. The fraction of sp³-hybridized carbons (Fsp3) is 0.462. The maximum Gasteiger partial charge on any atom is 0.269 e. The van der Waals surface area contributed by atoms with Gasteiger partial charge in [-0.2, -0.15) is 5.26 Å². The zero-order valence-electron chi connectivity index (χ0n) is 19.2. The molecule has 2 atom stereocenters. The highest BCUT2D eigenvalue weighted by molar-refractivity contribution is 5.83. The summed E-state index contributed by atoms with van der Waals surface area (Å²) in [7, 11) is 0. The first kappa shape index (κ1) is 22.2. The Balaban J connectivity index is 1.47. The number of benzene rings is 2. The largest absolute Gasteiger partial charge is 0.367 e. The number of piperazine rings is 1. The van der Waals surface area contributed by atoms with E-state index in [1.165, 1.54) is 6.42 Å². The number of anilines is 2. The SMILES string of the molecule is N#Cc1ccccc1N1CCN2c3ccc([N+](=O)[O-])cc3C[C@@H](C(=O)NC3CCCCC3)[C@H]2C1. The number of rotatable bonds is 4. The van der Waals surface area contributed by atoms with Crippen LogP contribution in [0.5, 0.6) is 0 Å². The molecule has 3 aliphatic rings. The van der Waals surface area contributed by atoms with Crippen LogP contribution in [-0.2, 0) is 11.2 Å². The molecule has 1 aliphatic carbocycles. The van der Waals surface area contributed by atoms with E-state index in [-0.39, 0.29) is 34.5 Å². The summed E-state index contributed by atoms with van der Waals surface area (Å²) >= 11 is 0. The summed E-state index contributed by atoms with van der Waals surface area (Å²) in [5, 5.41) is 24.3. The van der Waals surface area contributed by atoms with E-state index in [0.717, 1.165) is 42.6 Å². The Morgan fingerprint density at radius 2 is 1.88 bits per heavy atom. The first-order valence-electron chi connectivity index (χ1n) is 12.1. The molecule has 0 radical (unpaired) electrons. The summed E-state index contributed by atoms with van der Waals surface area (Å²) < 4.78 is 0. The van der Waals surface area contributed by atoms with E-state index in [1.54, 1.807) is 12.1 Å². The number of hydrogen-bond donors (Lipinski definition) is 1. The highest BCUT2D eigenvalue weighted by Crippen LogP contribution is 2.39. The second kappa shape index (κ2) is 9.34. The smallest absolute Gasteiger partial charge is 0.269 e. The van der Waals surface area contributed by atoms with Gasteiger partial charge in [-0.05, 0) is 43.0 Å². The number of amides is 1. The second-order valence-corrected chi connectivity index (χ2v) is 9.56. The third-order valence-electron chi connectivity index (χ3n) is 7.56. The van der Waals surface area contributed by atoms with Crippen LogP contribution in [0.3, 0.4) is 0 Å². The number of carbonyl (C=O) groups excluding carboxylic acids is 1. The molecule has 2 aromatic carbocycles. The van der Waals surface area contributed by atoms with Crippen molar-refractivity contribution in [2.45, 2.75) is 50.6 Å². The minimum atomic E-state index is -0.375. The monoisotopic (exact) mass is 459 g/mol. The van der Waals surface area contributed by atoms with E-state index >= 15 is 0 Å². The molecule has 2 fully saturated rings. The van der Waals surface area contributed by atoms with Gasteiger partial charge in [-0.1, -0.05) is 31.4 Å². The molecule has 176 valence electrons. The minimum absolute atomic E-state index is 0.0366. The summed E-state index contributed by atoms with van der Waals surface area (Å²) in [6.07, 6.45) is 5.99. The molecule has 0 bridgehead atoms. The lowest BCUT2D eigenvalue weighted by molar-refractivity contribution is -0.384. The Morgan fingerprint density at radius 1 is 1.09 bits per heavy atom. The first-order chi connectivity index (χ1) is 16.5. The Morgan fingerprint density at radius 3 is 2.65 bits per heavy atom. The van der Waals surface area contributed by atoms with E-state index in [9.17, 15) is 20.2 Å². The molecule has 34 heavy (non-hydrogen) atoms. The van der Waals surface area contributed by atoms with Crippen molar-refractivity contribution in [2.24, 2.45) is 5.92 Å². The zero-order valence-corrected chi connectivity index (χ0v) is 19.2. The van der Waals surface area contributed by atoms with E-state index in [4.69, 9.17) is 0 Å². The van der Waals surface area contributed by atoms with Gasteiger partial charge in [0.1, 0.15) is 6.07 Å². The van der Waals surface area contributed by atoms with Gasteiger partial charge in [-0.15, -0.1) is 0 Å². The molecule has 1 saturated heterocycles. The van der Waals surface area contributed by atoms with Crippen molar-refractivity contribution >= 4 is 23.0 Å². The summed E-state index contributed by atoms with van der Waals surface area (Å²) in [6, 6.07) is 15.0. The molecule has 1 saturated carbocycles. The zero-order chi connectivity index (χ0) is 23.7. The van der Waals surface area contributed by atoms with Gasteiger partial charge in [0.05, 0.1) is 28.1 Å². The van der Waals surface area contributed by atoms with Crippen LogP contribution in [-0.4, -0.2) is 42.5 Å². The predicted molar refractivity (Wildman–Crippen MR) is 130 cm³/mol. The molecule has 1 N–H and O–H groups in total. The van der Waals surface area contributed by atoms with Gasteiger partial charge in [0, 0.05) is 43.5 Å². The molecule has 0 spiro atoms. The van der Waals surface area contributed by atoms with Crippen LogP contribution >= 0.6 is 0 Å². The standard InChI is InChI=1S/C26H29N5O3/c27-16-18-6-4-5-9-23(18)29-12-13-30-24-11-10-21(31(33)34)14-19(24)15-22(25(30)17-29)26(32)28-20-7-2-1-3-8-20/h4-6,9-11,14,20,22,25H,1-3,7-8,12-13,15,17H2,(H,28,32)/t22-,25-/m1/s1. The highest BCUT2D eigenvalue weighted by Gasteiger charge is 2.42. The number of non-ortho nitro benzene ring substituents is 1. The van der Waals surface area contributed by atoms with Gasteiger partial charge >= 0.3 is 0 Å². The lowest BCUT2D eigenvalue weighted by atomic mass is 9.82. The third-order valence-corrected chi connectivity index (χ3v) is 7.56. The third kappa shape index (κ3) is 4.18. The van der Waals surface area contributed by atoms with E-state index in [1.807, 2.05) is 30.3 Å². The molecular formula is C26H29N5O3. The first-order valence-corrected chi connectivity index (χ1v) is 12.1. The average molecular weight is 460 g/mol. The van der Waals surface area contributed by atoms with Crippen molar-refractivity contribution in [3.63, 3.8) is 0 Å². The maximum atomic E-state index is 13.6. The van der Waals surface area contributed by atoms with Crippen molar-refractivity contribution < 1.29 is 9.72 Å². The molecule has 5 rings (SSSR count). The molecule has 8 heteroatoms. The van der Waals surface area contributed by atoms with Gasteiger partial charge in [0.25, 0.3) is 5.69 Å². The van der Waals surface area contributed by atoms with Crippen molar-refractivity contribution in [3.8, 4) is 6.07 Å². The Labute approximate surface area is 199 Å². The molecule has 2 aliphatic heterocycles. The molecule has 2 aromatic rings. The Hall–Kier alpha value is -3.60. The lowest BCUT2D eigenvalue weighted by Gasteiger charge is -2.50. The van der Waals surface area contributed by atoms with Crippen molar-refractivity contribution in [3.05, 3.63) is 63.7 Å².